The number of hydrogen-bond donors (Lipinski definition) is 0. The Morgan fingerprint density at radius 2 is 1.79 bits per heavy atom. The maximum atomic E-state index is 8.04. The summed E-state index contributed by atoms with van der Waals surface area (Å²) < 4.78 is 0. The summed E-state index contributed by atoms with van der Waals surface area (Å²) >= 11 is 0. The molecule has 1 aliphatic heterocycles. The molecule has 75 valence electrons. The standard InChI is InChI=1S/C12H17N2/c13-12(10-14-8-4-5-9-14)11-6-2-1-3-7-11/h1-3,6-7,12-13H,4-5,8-10H2. The first-order valence-corrected chi connectivity index (χ1v) is 5.34. The van der Waals surface area contributed by atoms with Crippen LogP contribution < -0.4 is 5.73 Å². The summed E-state index contributed by atoms with van der Waals surface area (Å²) in [6.45, 7) is 3.26. The van der Waals surface area contributed by atoms with Gasteiger partial charge >= 0.3 is 0 Å². The topological polar surface area (TPSA) is 27.0 Å². The van der Waals surface area contributed by atoms with Crippen molar-refractivity contribution >= 4 is 0 Å². The number of likely N-dealkylation sites (tertiary alicyclic amines) is 1. The van der Waals surface area contributed by atoms with Crippen molar-refractivity contribution in [2.75, 3.05) is 19.6 Å². The zero-order valence-electron chi connectivity index (χ0n) is 8.45. The van der Waals surface area contributed by atoms with E-state index in [4.69, 9.17) is 5.73 Å². The number of rotatable bonds is 3. The fourth-order valence-electron chi connectivity index (χ4n) is 2.01. The normalized spacial score (nSPS) is 19.8. The summed E-state index contributed by atoms with van der Waals surface area (Å²) in [5.74, 6) is 0. The minimum atomic E-state index is -0.0747. The molecule has 2 nitrogen and oxygen atoms in total. The van der Waals surface area contributed by atoms with Gasteiger partial charge < -0.3 is 4.90 Å². The molecular weight excluding hydrogens is 172 g/mol. The fraction of sp³-hybridized carbons (Fsp3) is 0.500. The molecule has 0 spiro atoms. The van der Waals surface area contributed by atoms with E-state index < -0.39 is 0 Å². The summed E-state index contributed by atoms with van der Waals surface area (Å²) in [6.07, 6.45) is 2.61. The van der Waals surface area contributed by atoms with Crippen LogP contribution in [0.5, 0.6) is 0 Å². The lowest BCUT2D eigenvalue weighted by Gasteiger charge is -2.19. The molecule has 1 radical (unpaired) electrons. The van der Waals surface area contributed by atoms with Gasteiger partial charge in [-0.3, -0.25) is 0 Å². The molecule has 0 bridgehead atoms. The second-order valence-corrected chi connectivity index (χ2v) is 3.97. The molecule has 14 heavy (non-hydrogen) atoms. The minimum absolute atomic E-state index is 0.0747. The van der Waals surface area contributed by atoms with Crippen LogP contribution in [0.1, 0.15) is 24.4 Å². The van der Waals surface area contributed by atoms with Gasteiger partial charge in [0.25, 0.3) is 0 Å². The third-order valence-corrected chi connectivity index (χ3v) is 2.84. The molecule has 1 aromatic carbocycles. The molecule has 1 heterocycles. The first-order valence-electron chi connectivity index (χ1n) is 5.34. The lowest BCUT2D eigenvalue weighted by Crippen LogP contribution is -2.26. The Balaban J connectivity index is 1.92. The SMILES string of the molecule is [NH]C(CN1CCCC1)c1ccccc1. The molecule has 0 aliphatic carbocycles. The van der Waals surface area contributed by atoms with Gasteiger partial charge in [-0.2, -0.15) is 0 Å². The van der Waals surface area contributed by atoms with Crippen molar-refractivity contribution in [1.29, 1.82) is 0 Å². The highest BCUT2D eigenvalue weighted by atomic mass is 15.1. The van der Waals surface area contributed by atoms with Crippen LogP contribution in [0.3, 0.4) is 0 Å². The van der Waals surface area contributed by atoms with E-state index >= 15 is 0 Å². The molecule has 0 saturated carbocycles. The Bertz CT molecular complexity index is 265. The number of nitrogens with one attached hydrogen (secondary N) is 1. The van der Waals surface area contributed by atoms with Gasteiger partial charge in [-0.25, -0.2) is 5.73 Å². The average molecular weight is 189 g/mol. The van der Waals surface area contributed by atoms with Crippen LogP contribution in [0.2, 0.25) is 0 Å². The first-order chi connectivity index (χ1) is 6.86. The van der Waals surface area contributed by atoms with Crippen LogP contribution in [-0.4, -0.2) is 24.5 Å². The summed E-state index contributed by atoms with van der Waals surface area (Å²) in [5, 5.41) is 0. The van der Waals surface area contributed by atoms with Gasteiger partial charge in [-0.15, -0.1) is 0 Å². The maximum absolute atomic E-state index is 8.04. The Kier molecular flexibility index (Phi) is 3.17. The average Bonchev–Trinajstić information content (AvgIpc) is 2.72. The van der Waals surface area contributed by atoms with E-state index in [2.05, 4.69) is 4.90 Å². The zero-order valence-corrected chi connectivity index (χ0v) is 8.45. The largest absolute Gasteiger partial charge is 0.301 e. The molecule has 0 aromatic heterocycles. The highest BCUT2D eigenvalue weighted by Gasteiger charge is 2.15. The quantitative estimate of drug-likeness (QED) is 0.715. The third kappa shape index (κ3) is 2.34. The van der Waals surface area contributed by atoms with E-state index in [1.807, 2.05) is 30.3 Å². The van der Waals surface area contributed by atoms with E-state index in [9.17, 15) is 0 Å². The van der Waals surface area contributed by atoms with Crippen molar-refractivity contribution in [3.8, 4) is 0 Å². The van der Waals surface area contributed by atoms with Crippen molar-refractivity contribution < 1.29 is 0 Å². The Morgan fingerprint density at radius 1 is 1.14 bits per heavy atom. The molecular formula is C12H17N2. The smallest absolute Gasteiger partial charge is 0.0589 e. The van der Waals surface area contributed by atoms with E-state index in [1.165, 1.54) is 25.9 Å². The van der Waals surface area contributed by atoms with Gasteiger partial charge in [-0.1, -0.05) is 30.3 Å². The molecule has 0 amide bonds. The fourth-order valence-corrected chi connectivity index (χ4v) is 2.01. The lowest BCUT2D eigenvalue weighted by atomic mass is 10.1. The summed E-state index contributed by atoms with van der Waals surface area (Å²) in [6, 6.07) is 10.1. The van der Waals surface area contributed by atoms with Crippen molar-refractivity contribution in [2.45, 2.75) is 18.9 Å². The zero-order chi connectivity index (χ0) is 9.80. The Labute approximate surface area is 85.7 Å². The number of benzene rings is 1. The van der Waals surface area contributed by atoms with Crippen LogP contribution in [0.15, 0.2) is 30.3 Å². The van der Waals surface area contributed by atoms with Gasteiger partial charge in [0.15, 0.2) is 0 Å². The molecule has 1 fully saturated rings. The first kappa shape index (κ1) is 9.69. The second kappa shape index (κ2) is 4.58. The molecule has 2 rings (SSSR count). The van der Waals surface area contributed by atoms with Crippen molar-refractivity contribution in [2.24, 2.45) is 0 Å². The number of hydrogen-bond acceptors (Lipinski definition) is 1. The monoisotopic (exact) mass is 189 g/mol. The summed E-state index contributed by atoms with van der Waals surface area (Å²) in [5.41, 5.74) is 9.17. The molecule has 1 atom stereocenters. The highest BCUT2D eigenvalue weighted by Crippen LogP contribution is 2.16. The van der Waals surface area contributed by atoms with Crippen LogP contribution in [0, 0.1) is 0 Å². The molecule has 1 aromatic rings. The third-order valence-electron chi connectivity index (χ3n) is 2.84. The van der Waals surface area contributed by atoms with Gasteiger partial charge in [0, 0.05) is 6.54 Å². The van der Waals surface area contributed by atoms with E-state index in [-0.39, 0.29) is 6.04 Å². The number of nitrogens with zero attached hydrogens (tertiary/aromatic N) is 1. The predicted octanol–water partition coefficient (Wildman–Crippen LogP) is 2.11. The van der Waals surface area contributed by atoms with E-state index in [0.29, 0.717) is 0 Å². The van der Waals surface area contributed by atoms with E-state index in [1.54, 1.807) is 0 Å². The van der Waals surface area contributed by atoms with Gasteiger partial charge in [0.05, 0.1) is 6.04 Å². The lowest BCUT2D eigenvalue weighted by molar-refractivity contribution is 0.313. The predicted molar refractivity (Wildman–Crippen MR) is 58.0 cm³/mol. The minimum Gasteiger partial charge on any atom is -0.301 e. The summed E-state index contributed by atoms with van der Waals surface area (Å²) in [4.78, 5) is 2.39. The molecule has 1 N–H and O–H groups in total. The van der Waals surface area contributed by atoms with Crippen LogP contribution in [-0.2, 0) is 0 Å². The molecule has 2 heteroatoms. The van der Waals surface area contributed by atoms with Gasteiger partial charge in [-0.05, 0) is 31.5 Å². The molecule has 1 aliphatic rings. The maximum Gasteiger partial charge on any atom is 0.0589 e. The molecule has 1 saturated heterocycles. The van der Waals surface area contributed by atoms with Crippen LogP contribution in [0.25, 0.3) is 0 Å². The van der Waals surface area contributed by atoms with Crippen molar-refractivity contribution in [3.05, 3.63) is 35.9 Å². The second-order valence-electron chi connectivity index (χ2n) is 3.97. The Hall–Kier alpha value is -0.860. The van der Waals surface area contributed by atoms with E-state index in [0.717, 1.165) is 12.1 Å². The molecule has 1 unspecified atom stereocenters. The highest BCUT2D eigenvalue weighted by molar-refractivity contribution is 5.18. The van der Waals surface area contributed by atoms with Gasteiger partial charge in [0.2, 0.25) is 0 Å². The van der Waals surface area contributed by atoms with Crippen molar-refractivity contribution in [1.82, 2.24) is 10.6 Å². The van der Waals surface area contributed by atoms with Crippen LogP contribution in [0.4, 0.5) is 0 Å². The van der Waals surface area contributed by atoms with Crippen molar-refractivity contribution in [3.63, 3.8) is 0 Å². The van der Waals surface area contributed by atoms with Gasteiger partial charge in [0.1, 0.15) is 0 Å². The van der Waals surface area contributed by atoms with Crippen LogP contribution >= 0.6 is 0 Å². The Morgan fingerprint density at radius 3 is 2.43 bits per heavy atom. The summed E-state index contributed by atoms with van der Waals surface area (Å²) in [7, 11) is 0.